The van der Waals surface area contributed by atoms with Crippen molar-refractivity contribution in [2.75, 3.05) is 0 Å². The molecular weight excluding hydrogens is 483 g/mol. The molecule has 0 amide bonds. The maximum absolute atomic E-state index is 2.37. The van der Waals surface area contributed by atoms with E-state index in [-0.39, 0.29) is 0 Å². The van der Waals surface area contributed by atoms with Crippen molar-refractivity contribution in [3.8, 4) is 22.3 Å². The van der Waals surface area contributed by atoms with Crippen LogP contribution in [0.25, 0.3) is 31.0 Å². The molecular formula is C34H25As. The molecule has 0 nitrogen and oxygen atoms in total. The third-order valence-corrected chi connectivity index (χ3v) is 11.9. The molecule has 0 bridgehead atoms. The zero-order chi connectivity index (χ0) is 23.5. The molecule has 0 spiro atoms. The summed E-state index contributed by atoms with van der Waals surface area (Å²) in [4.78, 5) is 0. The second-order valence-electron chi connectivity index (χ2n) is 8.66. The van der Waals surface area contributed by atoms with Crippen LogP contribution in [0, 0.1) is 0 Å². The van der Waals surface area contributed by atoms with Gasteiger partial charge in [0.15, 0.2) is 0 Å². The monoisotopic (exact) mass is 508 g/mol. The average molecular weight is 508 g/mol. The van der Waals surface area contributed by atoms with E-state index in [0.29, 0.717) is 0 Å². The number of rotatable bonds is 5. The van der Waals surface area contributed by atoms with Crippen molar-refractivity contribution in [3.63, 3.8) is 0 Å². The summed E-state index contributed by atoms with van der Waals surface area (Å²) in [6.45, 7) is 0. The molecule has 1 aliphatic heterocycles. The summed E-state index contributed by atoms with van der Waals surface area (Å²) in [6.07, 6.45) is 4.73. The number of benzene rings is 5. The van der Waals surface area contributed by atoms with E-state index in [1.54, 1.807) is 0 Å². The minimum atomic E-state index is -1.67. The van der Waals surface area contributed by atoms with Crippen molar-refractivity contribution >= 4 is 27.7 Å². The molecule has 0 aromatic heterocycles. The fourth-order valence-corrected chi connectivity index (χ4v) is 10.0. The van der Waals surface area contributed by atoms with Gasteiger partial charge in [0.05, 0.1) is 0 Å². The molecule has 1 heteroatoms. The Morgan fingerprint density at radius 2 is 0.600 bits per heavy atom. The number of hydrogen-bond acceptors (Lipinski definition) is 0. The fraction of sp³-hybridized carbons (Fsp3) is 0. The van der Waals surface area contributed by atoms with E-state index in [1.165, 1.54) is 46.5 Å². The van der Waals surface area contributed by atoms with Crippen LogP contribution in [0.4, 0.5) is 0 Å². The summed E-state index contributed by atoms with van der Waals surface area (Å²) in [5, 5.41) is 0. The van der Waals surface area contributed by atoms with Gasteiger partial charge in [-0.2, -0.15) is 0 Å². The summed E-state index contributed by atoms with van der Waals surface area (Å²) >= 11 is -1.67. The number of hydrogen-bond donors (Lipinski definition) is 0. The van der Waals surface area contributed by atoms with E-state index >= 15 is 0 Å². The quantitative estimate of drug-likeness (QED) is 0.211. The maximum atomic E-state index is 2.37. The molecule has 0 fully saturated rings. The zero-order valence-corrected chi connectivity index (χ0v) is 21.3. The Morgan fingerprint density at radius 3 is 1.00 bits per heavy atom. The van der Waals surface area contributed by atoms with Crippen LogP contribution in [-0.2, 0) is 0 Å². The first kappa shape index (κ1) is 21.7. The molecule has 0 aliphatic carbocycles. The molecule has 5 aromatic rings. The molecule has 0 radical (unpaired) electrons. The van der Waals surface area contributed by atoms with Crippen LogP contribution in [0.5, 0.6) is 0 Å². The van der Waals surface area contributed by atoms with E-state index in [9.17, 15) is 0 Å². The molecule has 6 rings (SSSR count). The molecule has 5 aromatic carbocycles. The van der Waals surface area contributed by atoms with Crippen molar-refractivity contribution in [1.29, 1.82) is 0 Å². The molecule has 0 saturated carbocycles. The summed E-state index contributed by atoms with van der Waals surface area (Å²) < 4.78 is 4.45. The molecule has 166 valence electrons. The summed E-state index contributed by atoms with van der Waals surface area (Å²) in [7, 11) is 0. The van der Waals surface area contributed by atoms with Crippen LogP contribution in [-0.4, -0.2) is 14.7 Å². The van der Waals surface area contributed by atoms with Crippen molar-refractivity contribution in [1.82, 2.24) is 0 Å². The second-order valence-corrected chi connectivity index (χ2v) is 13.2. The molecule has 1 heterocycles. The Morgan fingerprint density at radius 1 is 0.286 bits per heavy atom. The van der Waals surface area contributed by atoms with Crippen molar-refractivity contribution in [3.05, 3.63) is 163 Å². The summed E-state index contributed by atoms with van der Waals surface area (Å²) in [6, 6.07) is 50.5. The normalized spacial score (nSPS) is 13.4. The van der Waals surface area contributed by atoms with Gasteiger partial charge in [-0.25, -0.2) is 0 Å². The average Bonchev–Trinajstić information content (AvgIpc) is 3.40. The first-order valence-corrected chi connectivity index (χ1v) is 14.8. The Labute approximate surface area is 212 Å². The molecule has 0 saturated heterocycles. The molecule has 0 N–H and O–H groups in total. The van der Waals surface area contributed by atoms with Gasteiger partial charge in [0.2, 0.25) is 0 Å². The SMILES string of the molecule is C1=C(c2ccc(-c3ccccc3)cc2)[As](c2ccccc2)C(c2ccc(-c3ccccc3)cc2)=C1. The Balaban J connectivity index is 1.34. The van der Waals surface area contributed by atoms with Gasteiger partial charge in [-0.1, -0.05) is 0 Å². The topological polar surface area (TPSA) is 0 Å². The van der Waals surface area contributed by atoms with Crippen LogP contribution >= 0.6 is 0 Å². The fourth-order valence-electron chi connectivity index (χ4n) is 4.67. The van der Waals surface area contributed by atoms with Gasteiger partial charge in [0.25, 0.3) is 0 Å². The summed E-state index contributed by atoms with van der Waals surface area (Å²) in [5.41, 5.74) is 7.71. The van der Waals surface area contributed by atoms with E-state index in [1.807, 2.05) is 0 Å². The van der Waals surface area contributed by atoms with Crippen molar-refractivity contribution in [2.24, 2.45) is 0 Å². The standard InChI is InChI=1S/C34H25As/c1-4-10-26(11-5-1)28-16-20-30(21-17-28)33-24-25-34(35(33)32-14-8-3-9-15-32)31-22-18-29(19-23-31)27-12-6-2-7-13-27/h1-25H. The van der Waals surface area contributed by atoms with Crippen LogP contribution in [0.3, 0.4) is 0 Å². The van der Waals surface area contributed by atoms with Gasteiger partial charge < -0.3 is 0 Å². The van der Waals surface area contributed by atoms with Crippen LogP contribution in [0.2, 0.25) is 0 Å². The third-order valence-electron chi connectivity index (χ3n) is 6.47. The second kappa shape index (κ2) is 9.78. The Bertz CT molecular complexity index is 1380. The van der Waals surface area contributed by atoms with Gasteiger partial charge in [-0.05, 0) is 0 Å². The Hall–Kier alpha value is -3.86. The van der Waals surface area contributed by atoms with E-state index in [0.717, 1.165) is 0 Å². The molecule has 0 unspecified atom stereocenters. The molecule has 0 atom stereocenters. The summed E-state index contributed by atoms with van der Waals surface area (Å²) in [5.74, 6) is 0. The van der Waals surface area contributed by atoms with Crippen molar-refractivity contribution < 1.29 is 0 Å². The predicted octanol–water partition coefficient (Wildman–Crippen LogP) is 7.98. The Kier molecular flexibility index (Phi) is 6.05. The number of allylic oxidation sites excluding steroid dienone is 2. The third kappa shape index (κ3) is 4.46. The van der Waals surface area contributed by atoms with Gasteiger partial charge in [0, 0.05) is 0 Å². The van der Waals surface area contributed by atoms with Crippen LogP contribution in [0.15, 0.2) is 152 Å². The van der Waals surface area contributed by atoms with Gasteiger partial charge >= 0.3 is 213 Å². The van der Waals surface area contributed by atoms with Gasteiger partial charge in [0.1, 0.15) is 0 Å². The van der Waals surface area contributed by atoms with Crippen LogP contribution in [0.1, 0.15) is 11.1 Å². The molecule has 35 heavy (non-hydrogen) atoms. The first-order valence-electron chi connectivity index (χ1n) is 12.0. The van der Waals surface area contributed by atoms with Crippen molar-refractivity contribution in [2.45, 2.75) is 0 Å². The predicted molar refractivity (Wildman–Crippen MR) is 152 cm³/mol. The van der Waals surface area contributed by atoms with Gasteiger partial charge in [-0.3, -0.25) is 0 Å². The minimum absolute atomic E-state index is 1.26. The van der Waals surface area contributed by atoms with Crippen LogP contribution < -0.4 is 4.35 Å². The van der Waals surface area contributed by atoms with E-state index in [4.69, 9.17) is 0 Å². The van der Waals surface area contributed by atoms with E-state index in [2.05, 4.69) is 152 Å². The van der Waals surface area contributed by atoms with E-state index < -0.39 is 14.7 Å². The zero-order valence-electron chi connectivity index (χ0n) is 19.4. The first-order chi connectivity index (χ1) is 17.4. The van der Waals surface area contributed by atoms with Gasteiger partial charge in [-0.15, -0.1) is 0 Å². The molecule has 1 aliphatic rings.